The first kappa shape index (κ1) is 23.1. The van der Waals surface area contributed by atoms with Crippen molar-refractivity contribution < 1.29 is 17.9 Å². The summed E-state index contributed by atoms with van der Waals surface area (Å²) in [6, 6.07) is 5.23. The van der Waals surface area contributed by atoms with E-state index in [0.29, 0.717) is 10.7 Å². The number of rotatable bonds is 7. The van der Waals surface area contributed by atoms with Crippen molar-refractivity contribution >= 4 is 32.8 Å². The van der Waals surface area contributed by atoms with Gasteiger partial charge in [-0.3, -0.25) is 0 Å². The Kier molecular flexibility index (Phi) is 7.47. The first-order chi connectivity index (χ1) is 14.2. The van der Waals surface area contributed by atoms with Crippen LogP contribution in [0.3, 0.4) is 0 Å². The second kappa shape index (κ2) is 9.70. The van der Waals surface area contributed by atoms with Gasteiger partial charge in [-0.2, -0.15) is 0 Å². The molecule has 0 radical (unpaired) electrons. The van der Waals surface area contributed by atoms with Crippen LogP contribution < -0.4 is 15.5 Å². The molecular formula is C21H30ClN3O4S. The molecule has 9 heteroatoms. The number of piperazine rings is 1. The zero-order valence-corrected chi connectivity index (χ0v) is 19.4. The van der Waals surface area contributed by atoms with E-state index in [0.717, 1.165) is 37.4 Å². The van der Waals surface area contributed by atoms with Crippen LogP contribution in [-0.4, -0.2) is 73.3 Å². The molecule has 1 heterocycles. The number of methoxy groups -OCH3 is 2. The highest BCUT2D eigenvalue weighted by atomic mass is 35.5. The Morgan fingerprint density at radius 2 is 1.93 bits per heavy atom. The summed E-state index contributed by atoms with van der Waals surface area (Å²) in [6.45, 7) is 5.51. The lowest BCUT2D eigenvalue weighted by molar-refractivity contribution is 0.00542. The summed E-state index contributed by atoms with van der Waals surface area (Å²) in [6.07, 6.45) is 4.25. The van der Waals surface area contributed by atoms with Crippen LogP contribution in [0.25, 0.3) is 0 Å². The van der Waals surface area contributed by atoms with E-state index in [4.69, 9.17) is 21.1 Å². The van der Waals surface area contributed by atoms with Crippen molar-refractivity contribution in [2.24, 2.45) is 0 Å². The molecule has 0 aromatic heterocycles. The number of sulfone groups is 1. The van der Waals surface area contributed by atoms with Crippen LogP contribution in [0, 0.1) is 0 Å². The first-order valence-electron chi connectivity index (χ1n) is 9.95. The van der Waals surface area contributed by atoms with Crippen molar-refractivity contribution in [3.63, 3.8) is 0 Å². The number of allylic oxidation sites excluding steroid dienone is 2. The minimum absolute atomic E-state index is 0.228. The number of anilines is 2. The van der Waals surface area contributed by atoms with Gasteiger partial charge in [0.2, 0.25) is 0 Å². The normalized spacial score (nSPS) is 23.6. The Labute approximate surface area is 184 Å². The van der Waals surface area contributed by atoms with Gasteiger partial charge in [0.25, 0.3) is 0 Å². The Morgan fingerprint density at radius 3 is 2.53 bits per heavy atom. The van der Waals surface area contributed by atoms with E-state index >= 15 is 0 Å². The minimum atomic E-state index is -3.41. The maximum absolute atomic E-state index is 12.4. The Morgan fingerprint density at radius 1 is 1.23 bits per heavy atom. The topological polar surface area (TPSA) is 79.9 Å². The second-order valence-corrected chi connectivity index (χ2v) is 10.0. The predicted octanol–water partition coefficient (Wildman–Crippen LogP) is 2.39. The van der Waals surface area contributed by atoms with Crippen LogP contribution >= 0.6 is 11.6 Å². The van der Waals surface area contributed by atoms with Gasteiger partial charge in [0.05, 0.1) is 10.6 Å². The summed E-state index contributed by atoms with van der Waals surface area (Å²) in [4.78, 5) is 2.51. The van der Waals surface area contributed by atoms with Crippen molar-refractivity contribution in [2.45, 2.75) is 30.1 Å². The molecule has 0 bridgehead atoms. The van der Waals surface area contributed by atoms with Gasteiger partial charge in [0.1, 0.15) is 12.2 Å². The van der Waals surface area contributed by atoms with Crippen molar-refractivity contribution in [1.82, 2.24) is 5.32 Å². The van der Waals surface area contributed by atoms with Gasteiger partial charge in [0.15, 0.2) is 9.84 Å². The number of halogens is 1. The number of nitrogens with one attached hydrogen (secondary N) is 2. The maximum Gasteiger partial charge on any atom is 0.177 e. The Balaban J connectivity index is 1.94. The Hall–Kier alpha value is -1.58. The molecule has 3 rings (SSSR count). The van der Waals surface area contributed by atoms with Gasteiger partial charge in [-0.1, -0.05) is 11.6 Å². The maximum atomic E-state index is 12.4. The van der Waals surface area contributed by atoms with Crippen LogP contribution in [-0.2, 0) is 19.3 Å². The van der Waals surface area contributed by atoms with Crippen molar-refractivity contribution in [3.8, 4) is 0 Å². The molecule has 2 aliphatic rings. The highest BCUT2D eigenvalue weighted by Gasteiger charge is 2.31. The molecule has 0 spiro atoms. The molecule has 1 aliphatic heterocycles. The average molecular weight is 456 g/mol. The number of hydrogen-bond donors (Lipinski definition) is 2. The van der Waals surface area contributed by atoms with Crippen LogP contribution in [0.2, 0.25) is 0 Å². The molecule has 2 N–H and O–H groups in total. The molecule has 166 valence electrons. The summed E-state index contributed by atoms with van der Waals surface area (Å²) < 4.78 is 36.0. The van der Waals surface area contributed by atoms with E-state index in [9.17, 15) is 8.42 Å². The van der Waals surface area contributed by atoms with E-state index in [1.807, 2.05) is 25.1 Å². The minimum Gasteiger partial charge on any atom is -0.378 e. The zero-order chi connectivity index (χ0) is 21.9. The van der Waals surface area contributed by atoms with E-state index in [1.54, 1.807) is 26.4 Å². The summed E-state index contributed by atoms with van der Waals surface area (Å²) in [5.74, 6) is 0. The average Bonchev–Trinajstić information content (AvgIpc) is 2.72. The fourth-order valence-electron chi connectivity index (χ4n) is 3.95. The second-order valence-electron chi connectivity index (χ2n) is 7.61. The van der Waals surface area contributed by atoms with Crippen molar-refractivity contribution in [3.05, 3.63) is 41.0 Å². The third-order valence-electron chi connectivity index (χ3n) is 5.50. The number of nitrogens with zero attached hydrogens (tertiary/aromatic N) is 1. The lowest BCUT2D eigenvalue weighted by Gasteiger charge is -2.33. The summed E-state index contributed by atoms with van der Waals surface area (Å²) >= 11 is 6.30. The molecule has 30 heavy (non-hydrogen) atoms. The fraction of sp³-hybridized carbons (Fsp3) is 0.524. The quantitative estimate of drug-likeness (QED) is 0.653. The fourth-order valence-corrected chi connectivity index (χ4v) is 5.03. The van der Waals surface area contributed by atoms with Gasteiger partial charge in [-0.15, -0.1) is 0 Å². The van der Waals surface area contributed by atoms with E-state index in [2.05, 4.69) is 15.5 Å². The van der Waals surface area contributed by atoms with Crippen LogP contribution in [0.5, 0.6) is 0 Å². The molecule has 1 aliphatic carbocycles. The SMILES string of the molecule is COC1C=C(Cl)C=C(C(C)Nc2cc(N3CCNCC3)ccc2S(C)(=O)=O)C1OC. The molecule has 3 atom stereocenters. The lowest BCUT2D eigenvalue weighted by atomic mass is 9.93. The number of benzene rings is 1. The van der Waals surface area contributed by atoms with E-state index in [1.165, 1.54) is 6.26 Å². The van der Waals surface area contributed by atoms with Crippen molar-refractivity contribution in [2.75, 3.05) is 56.9 Å². The highest BCUT2D eigenvalue weighted by molar-refractivity contribution is 7.90. The monoisotopic (exact) mass is 455 g/mol. The first-order valence-corrected chi connectivity index (χ1v) is 12.2. The number of hydrogen-bond acceptors (Lipinski definition) is 7. The van der Waals surface area contributed by atoms with Crippen molar-refractivity contribution in [1.29, 1.82) is 0 Å². The zero-order valence-electron chi connectivity index (χ0n) is 17.8. The molecule has 0 saturated carbocycles. The van der Waals surface area contributed by atoms with Crippen LogP contribution in [0.1, 0.15) is 6.92 Å². The molecule has 3 unspecified atom stereocenters. The van der Waals surface area contributed by atoms with E-state index < -0.39 is 9.84 Å². The number of ether oxygens (including phenoxy) is 2. The molecule has 7 nitrogen and oxygen atoms in total. The predicted molar refractivity (Wildman–Crippen MR) is 121 cm³/mol. The highest BCUT2D eigenvalue weighted by Crippen LogP contribution is 2.32. The molecule has 1 aromatic carbocycles. The molecule has 1 saturated heterocycles. The third kappa shape index (κ3) is 5.18. The molecular weight excluding hydrogens is 426 g/mol. The van der Waals surface area contributed by atoms with Gasteiger partial charge < -0.3 is 25.0 Å². The standard InChI is InChI=1S/C21H30ClN3O4S/c1-14(17-11-15(22)12-19(28-2)21(17)29-3)24-18-13-16(25-9-7-23-8-10-25)5-6-20(18)30(4,26)27/h5-6,11-14,19,21,23-24H,7-10H2,1-4H3. The summed E-state index contributed by atoms with van der Waals surface area (Å²) in [5, 5.41) is 7.28. The Bertz CT molecular complexity index is 926. The third-order valence-corrected chi connectivity index (χ3v) is 6.89. The van der Waals surface area contributed by atoms with E-state index in [-0.39, 0.29) is 23.1 Å². The molecule has 0 amide bonds. The largest absolute Gasteiger partial charge is 0.378 e. The lowest BCUT2D eigenvalue weighted by Crippen LogP contribution is -2.43. The van der Waals surface area contributed by atoms with Crippen LogP contribution in [0.4, 0.5) is 11.4 Å². The summed E-state index contributed by atoms with van der Waals surface area (Å²) in [7, 11) is -0.178. The summed E-state index contributed by atoms with van der Waals surface area (Å²) in [5.41, 5.74) is 2.45. The van der Waals surface area contributed by atoms with Crippen LogP contribution in [0.15, 0.2) is 45.9 Å². The van der Waals surface area contributed by atoms with Gasteiger partial charge in [-0.05, 0) is 42.8 Å². The molecule has 1 aromatic rings. The van der Waals surface area contributed by atoms with Gasteiger partial charge >= 0.3 is 0 Å². The molecule has 1 fully saturated rings. The van der Waals surface area contributed by atoms with Gasteiger partial charge in [0, 0.05) is 63.4 Å². The smallest absolute Gasteiger partial charge is 0.177 e. The van der Waals surface area contributed by atoms with Gasteiger partial charge in [-0.25, -0.2) is 8.42 Å².